The van der Waals surface area contributed by atoms with Gasteiger partial charge in [0.1, 0.15) is 12.7 Å². The van der Waals surface area contributed by atoms with Gasteiger partial charge in [0.05, 0.1) is 10.1 Å². The molecule has 2 rings (SSSR count). The van der Waals surface area contributed by atoms with E-state index >= 15 is 0 Å². The number of rotatable bonds is 3. The summed E-state index contributed by atoms with van der Waals surface area (Å²) < 4.78 is 12.5. The number of hydrogen-bond acceptors (Lipinski definition) is 4. The zero-order valence-electron chi connectivity index (χ0n) is 11.0. The Kier molecular flexibility index (Phi) is 4.25. The molecule has 0 radical (unpaired) electrons. The summed E-state index contributed by atoms with van der Waals surface area (Å²) in [6.07, 6.45) is 1.85. The van der Waals surface area contributed by atoms with Crippen molar-refractivity contribution in [2.45, 2.75) is 32.5 Å². The molecule has 1 saturated heterocycles. The van der Waals surface area contributed by atoms with Gasteiger partial charge in [-0.3, -0.25) is 0 Å². The first-order valence-corrected chi connectivity index (χ1v) is 6.89. The van der Waals surface area contributed by atoms with E-state index in [1.807, 2.05) is 13.0 Å². The number of hydrogen-bond donors (Lipinski definition) is 1. The van der Waals surface area contributed by atoms with Gasteiger partial charge in [0.25, 0.3) is 0 Å². The number of nitrogens with one attached hydrogen (secondary N) is 1. The largest absolute Gasteiger partial charge is 0.474 e. The maximum absolute atomic E-state index is 5.93. The third kappa shape index (κ3) is 3.67. The van der Waals surface area contributed by atoms with Crippen molar-refractivity contribution in [1.29, 1.82) is 0 Å². The maximum atomic E-state index is 5.93. The lowest BCUT2D eigenvalue weighted by Crippen LogP contribution is -2.52. The predicted octanol–water partition coefficient (Wildman–Crippen LogP) is 2.30. The molecule has 18 heavy (non-hydrogen) atoms. The molecular weight excluding hydrogens is 296 g/mol. The minimum Gasteiger partial charge on any atom is -0.474 e. The minimum absolute atomic E-state index is 0.0590. The number of aryl methyl sites for hydroxylation is 1. The fourth-order valence-electron chi connectivity index (χ4n) is 1.96. The maximum Gasteiger partial charge on any atom is 0.228 e. The Morgan fingerprint density at radius 2 is 2.39 bits per heavy atom. The number of morpholine rings is 1. The molecule has 5 heteroatoms. The van der Waals surface area contributed by atoms with Gasteiger partial charge in [0.2, 0.25) is 5.88 Å². The highest BCUT2D eigenvalue weighted by Gasteiger charge is 2.28. The number of ether oxygens (including phenoxy) is 2. The van der Waals surface area contributed by atoms with Crippen LogP contribution in [0.5, 0.6) is 5.88 Å². The van der Waals surface area contributed by atoms with E-state index in [2.05, 4.69) is 40.1 Å². The molecule has 1 aromatic rings. The van der Waals surface area contributed by atoms with E-state index in [9.17, 15) is 0 Å². The van der Waals surface area contributed by atoms with E-state index in [-0.39, 0.29) is 11.7 Å². The molecular formula is C13H19BrN2O2. The molecule has 0 saturated carbocycles. The molecule has 1 N–H and O–H groups in total. The molecule has 0 aromatic carbocycles. The van der Waals surface area contributed by atoms with Crippen LogP contribution in [0.4, 0.5) is 0 Å². The first-order valence-electron chi connectivity index (χ1n) is 6.10. The molecule has 1 aliphatic rings. The molecule has 0 aliphatic carbocycles. The second kappa shape index (κ2) is 5.55. The summed E-state index contributed by atoms with van der Waals surface area (Å²) in [5, 5.41) is 3.35. The standard InChI is InChI=1S/C13H19BrN2O2/c1-9-4-11(14)12(16-5-9)17-7-10-6-15-8-13(2,3)18-10/h4-5,10,15H,6-8H2,1-3H3. The fraction of sp³-hybridized carbons (Fsp3) is 0.615. The van der Waals surface area contributed by atoms with Crippen molar-refractivity contribution in [3.63, 3.8) is 0 Å². The zero-order valence-corrected chi connectivity index (χ0v) is 12.6. The Morgan fingerprint density at radius 1 is 1.61 bits per heavy atom. The lowest BCUT2D eigenvalue weighted by Gasteiger charge is -2.36. The Morgan fingerprint density at radius 3 is 3.06 bits per heavy atom. The fourth-order valence-corrected chi connectivity index (χ4v) is 2.54. The summed E-state index contributed by atoms with van der Waals surface area (Å²) in [6, 6.07) is 1.99. The highest BCUT2D eigenvalue weighted by Crippen LogP contribution is 2.23. The average Bonchev–Trinajstić information content (AvgIpc) is 2.26. The van der Waals surface area contributed by atoms with Gasteiger partial charge < -0.3 is 14.8 Å². The highest BCUT2D eigenvalue weighted by molar-refractivity contribution is 9.10. The molecule has 0 amide bonds. The van der Waals surface area contributed by atoms with Crippen LogP contribution < -0.4 is 10.1 Å². The summed E-state index contributed by atoms with van der Waals surface area (Å²) in [6.45, 7) is 8.34. The summed E-state index contributed by atoms with van der Waals surface area (Å²) in [7, 11) is 0. The van der Waals surface area contributed by atoms with Crippen LogP contribution in [0.15, 0.2) is 16.7 Å². The molecule has 1 unspecified atom stereocenters. The molecule has 4 nitrogen and oxygen atoms in total. The van der Waals surface area contributed by atoms with Crippen LogP contribution in [0.25, 0.3) is 0 Å². The van der Waals surface area contributed by atoms with E-state index in [1.54, 1.807) is 6.20 Å². The smallest absolute Gasteiger partial charge is 0.228 e. The Labute approximate surface area is 116 Å². The lowest BCUT2D eigenvalue weighted by molar-refractivity contribution is -0.107. The van der Waals surface area contributed by atoms with E-state index in [4.69, 9.17) is 9.47 Å². The number of nitrogens with zero attached hydrogens (tertiary/aromatic N) is 1. The van der Waals surface area contributed by atoms with Gasteiger partial charge in [-0.25, -0.2) is 4.98 Å². The van der Waals surface area contributed by atoms with Crippen molar-refractivity contribution in [3.05, 3.63) is 22.3 Å². The second-order valence-corrected chi connectivity index (χ2v) is 6.10. The molecule has 1 atom stereocenters. The summed E-state index contributed by atoms with van der Waals surface area (Å²) in [4.78, 5) is 4.25. The van der Waals surface area contributed by atoms with Gasteiger partial charge >= 0.3 is 0 Å². The van der Waals surface area contributed by atoms with Crippen LogP contribution in [0, 0.1) is 6.92 Å². The van der Waals surface area contributed by atoms with Gasteiger partial charge in [0.15, 0.2) is 0 Å². The van der Waals surface area contributed by atoms with E-state index < -0.39 is 0 Å². The first-order chi connectivity index (χ1) is 8.46. The molecule has 1 aliphatic heterocycles. The summed E-state index contributed by atoms with van der Waals surface area (Å²) in [5.74, 6) is 0.618. The summed E-state index contributed by atoms with van der Waals surface area (Å²) in [5.41, 5.74) is 0.968. The lowest BCUT2D eigenvalue weighted by atomic mass is 10.1. The first kappa shape index (κ1) is 13.8. The van der Waals surface area contributed by atoms with Crippen LogP contribution in [0.1, 0.15) is 19.4 Å². The van der Waals surface area contributed by atoms with Crippen molar-refractivity contribution in [1.82, 2.24) is 10.3 Å². The monoisotopic (exact) mass is 314 g/mol. The van der Waals surface area contributed by atoms with Gasteiger partial charge in [-0.2, -0.15) is 0 Å². The Hall–Kier alpha value is -0.650. The normalized spacial score (nSPS) is 22.8. The molecule has 2 heterocycles. The van der Waals surface area contributed by atoms with Crippen molar-refractivity contribution in [2.24, 2.45) is 0 Å². The van der Waals surface area contributed by atoms with Gasteiger partial charge in [-0.15, -0.1) is 0 Å². The van der Waals surface area contributed by atoms with Crippen molar-refractivity contribution < 1.29 is 9.47 Å². The second-order valence-electron chi connectivity index (χ2n) is 5.24. The van der Waals surface area contributed by atoms with Crippen molar-refractivity contribution >= 4 is 15.9 Å². The molecule has 1 aromatic heterocycles. The topological polar surface area (TPSA) is 43.4 Å². The van der Waals surface area contributed by atoms with Crippen LogP contribution >= 0.6 is 15.9 Å². The molecule has 100 valence electrons. The van der Waals surface area contributed by atoms with Crippen LogP contribution in [0.3, 0.4) is 0 Å². The molecule has 0 spiro atoms. The SMILES string of the molecule is Cc1cnc(OCC2CNCC(C)(C)O2)c(Br)c1. The van der Waals surface area contributed by atoms with Gasteiger partial charge in [-0.1, -0.05) is 0 Å². The third-order valence-electron chi connectivity index (χ3n) is 2.76. The minimum atomic E-state index is -0.135. The Balaban J connectivity index is 1.91. The molecule has 0 bridgehead atoms. The van der Waals surface area contributed by atoms with Gasteiger partial charge in [-0.05, 0) is 48.3 Å². The number of aromatic nitrogens is 1. The Bertz CT molecular complexity index is 423. The quantitative estimate of drug-likeness (QED) is 0.929. The number of halogens is 1. The zero-order chi connectivity index (χ0) is 13.2. The van der Waals surface area contributed by atoms with Crippen LogP contribution in [-0.4, -0.2) is 36.4 Å². The van der Waals surface area contributed by atoms with E-state index in [1.165, 1.54) is 0 Å². The average molecular weight is 315 g/mol. The predicted molar refractivity (Wildman–Crippen MR) is 74.0 cm³/mol. The van der Waals surface area contributed by atoms with Crippen molar-refractivity contribution in [3.8, 4) is 5.88 Å². The highest BCUT2D eigenvalue weighted by atomic mass is 79.9. The third-order valence-corrected chi connectivity index (χ3v) is 3.33. The van der Waals surface area contributed by atoms with E-state index in [0.29, 0.717) is 12.5 Å². The summed E-state index contributed by atoms with van der Waals surface area (Å²) >= 11 is 3.45. The molecule has 1 fully saturated rings. The van der Waals surface area contributed by atoms with Crippen molar-refractivity contribution in [2.75, 3.05) is 19.7 Å². The van der Waals surface area contributed by atoms with Gasteiger partial charge in [0, 0.05) is 19.3 Å². The van der Waals surface area contributed by atoms with E-state index in [0.717, 1.165) is 23.1 Å². The number of pyridine rings is 1. The van der Waals surface area contributed by atoms with Crippen LogP contribution in [-0.2, 0) is 4.74 Å². The van der Waals surface area contributed by atoms with Crippen LogP contribution in [0.2, 0.25) is 0 Å².